The molecule has 23 heavy (non-hydrogen) atoms. The van der Waals surface area contributed by atoms with Gasteiger partial charge in [0.15, 0.2) is 0 Å². The lowest BCUT2D eigenvalue weighted by atomic mass is 10.2. The second-order valence-corrected chi connectivity index (χ2v) is 6.74. The number of likely N-dealkylation sites (tertiary alicyclic amines) is 1. The summed E-state index contributed by atoms with van der Waals surface area (Å²) in [5.41, 5.74) is 1.02. The molecule has 1 saturated heterocycles. The number of aromatic nitrogens is 4. The first-order valence-electron chi connectivity index (χ1n) is 7.78. The smallest absolute Gasteiger partial charge is 0.225 e. The van der Waals surface area contributed by atoms with Gasteiger partial charge in [0.2, 0.25) is 5.91 Å². The Morgan fingerprint density at radius 1 is 1.35 bits per heavy atom. The molecule has 7 heteroatoms. The van der Waals surface area contributed by atoms with Crippen LogP contribution in [0.2, 0.25) is 0 Å². The van der Waals surface area contributed by atoms with Crippen molar-refractivity contribution in [1.82, 2.24) is 24.6 Å². The van der Waals surface area contributed by atoms with E-state index in [1.165, 1.54) is 11.0 Å². The van der Waals surface area contributed by atoms with E-state index in [1.54, 1.807) is 22.3 Å². The van der Waals surface area contributed by atoms with E-state index in [4.69, 9.17) is 4.98 Å². The zero-order chi connectivity index (χ0) is 15.6. The minimum absolute atomic E-state index is 0.121. The average Bonchev–Trinajstić information content (AvgIpc) is 3.31. The summed E-state index contributed by atoms with van der Waals surface area (Å²) in [5, 5.41) is 5.10. The molecule has 1 amide bonds. The van der Waals surface area contributed by atoms with Gasteiger partial charge in [0.1, 0.15) is 17.7 Å². The fraction of sp³-hybridized carbons (Fsp3) is 0.375. The molecule has 0 radical (unpaired) electrons. The number of hydrogen-bond donors (Lipinski definition) is 0. The molecular weight excluding hydrogens is 310 g/mol. The van der Waals surface area contributed by atoms with E-state index in [0.717, 1.165) is 29.9 Å². The van der Waals surface area contributed by atoms with Crippen LogP contribution in [0.25, 0.3) is 10.2 Å². The van der Waals surface area contributed by atoms with Gasteiger partial charge in [0, 0.05) is 13.0 Å². The number of carbonyl (C=O) groups is 1. The van der Waals surface area contributed by atoms with Crippen LogP contribution in [0.4, 0.5) is 0 Å². The highest BCUT2D eigenvalue weighted by Gasteiger charge is 2.31. The predicted octanol–water partition coefficient (Wildman–Crippen LogP) is 2.64. The van der Waals surface area contributed by atoms with Gasteiger partial charge in [-0.15, -0.1) is 11.3 Å². The maximum atomic E-state index is 12.6. The monoisotopic (exact) mass is 327 g/mol. The summed E-state index contributed by atoms with van der Waals surface area (Å²) < 4.78 is 2.88. The quantitative estimate of drug-likeness (QED) is 0.739. The van der Waals surface area contributed by atoms with E-state index in [1.807, 2.05) is 23.1 Å². The highest BCUT2D eigenvalue weighted by molar-refractivity contribution is 7.18. The number of rotatable bonds is 4. The molecule has 0 aliphatic carbocycles. The van der Waals surface area contributed by atoms with E-state index in [0.29, 0.717) is 13.0 Å². The Morgan fingerprint density at radius 3 is 3.09 bits per heavy atom. The predicted molar refractivity (Wildman–Crippen MR) is 87.9 cm³/mol. The SMILES string of the molecule is O=C(CCn1cncn1)N1CCC[C@H]1c1nc2ccccc2s1. The topological polar surface area (TPSA) is 63.9 Å². The summed E-state index contributed by atoms with van der Waals surface area (Å²) >= 11 is 1.70. The molecule has 6 nitrogen and oxygen atoms in total. The first-order valence-corrected chi connectivity index (χ1v) is 8.60. The van der Waals surface area contributed by atoms with Crippen LogP contribution in [0.5, 0.6) is 0 Å². The Bertz CT molecular complexity index is 780. The molecule has 4 rings (SSSR count). The van der Waals surface area contributed by atoms with Crippen molar-refractivity contribution < 1.29 is 4.79 Å². The number of nitrogens with zero attached hydrogens (tertiary/aromatic N) is 5. The fourth-order valence-corrected chi connectivity index (χ4v) is 4.17. The van der Waals surface area contributed by atoms with E-state index >= 15 is 0 Å². The number of amides is 1. The molecule has 1 aromatic carbocycles. The Hall–Kier alpha value is -2.28. The third-order valence-electron chi connectivity index (χ3n) is 4.19. The van der Waals surface area contributed by atoms with Crippen LogP contribution in [-0.4, -0.2) is 37.1 Å². The number of carbonyl (C=O) groups excluding carboxylic acids is 1. The van der Waals surface area contributed by atoms with Gasteiger partial charge in [-0.2, -0.15) is 5.10 Å². The number of hydrogen-bond acceptors (Lipinski definition) is 5. The lowest BCUT2D eigenvalue weighted by molar-refractivity contribution is -0.132. The number of para-hydroxylation sites is 1. The summed E-state index contributed by atoms with van der Waals surface area (Å²) in [6.07, 6.45) is 5.61. The van der Waals surface area contributed by atoms with Crippen LogP contribution in [-0.2, 0) is 11.3 Å². The fourth-order valence-electron chi connectivity index (χ4n) is 3.06. The number of thiazole rings is 1. The van der Waals surface area contributed by atoms with Crippen LogP contribution < -0.4 is 0 Å². The minimum Gasteiger partial charge on any atom is -0.333 e. The summed E-state index contributed by atoms with van der Waals surface area (Å²) in [5.74, 6) is 0.169. The Labute approximate surface area is 137 Å². The first-order chi connectivity index (χ1) is 11.3. The molecule has 3 heterocycles. The van der Waals surface area contributed by atoms with E-state index in [9.17, 15) is 4.79 Å². The van der Waals surface area contributed by atoms with E-state index < -0.39 is 0 Å². The van der Waals surface area contributed by atoms with Crippen molar-refractivity contribution in [3.63, 3.8) is 0 Å². The molecule has 2 aromatic heterocycles. The standard InChI is InChI=1S/C16H17N5OS/c22-15(7-9-20-11-17-10-18-20)21-8-3-5-13(21)16-19-12-4-1-2-6-14(12)23-16/h1-2,4,6,10-11,13H,3,5,7-9H2/t13-/m0/s1. The van der Waals surface area contributed by atoms with Gasteiger partial charge in [-0.05, 0) is 25.0 Å². The van der Waals surface area contributed by atoms with Crippen molar-refractivity contribution >= 4 is 27.5 Å². The van der Waals surface area contributed by atoms with Gasteiger partial charge >= 0.3 is 0 Å². The maximum absolute atomic E-state index is 12.6. The largest absolute Gasteiger partial charge is 0.333 e. The van der Waals surface area contributed by atoms with Crippen molar-refractivity contribution in [2.45, 2.75) is 31.8 Å². The number of aryl methyl sites for hydroxylation is 1. The lowest BCUT2D eigenvalue weighted by Gasteiger charge is -2.23. The summed E-state index contributed by atoms with van der Waals surface area (Å²) in [6.45, 7) is 1.39. The van der Waals surface area contributed by atoms with Crippen LogP contribution in [0.15, 0.2) is 36.9 Å². The van der Waals surface area contributed by atoms with E-state index in [-0.39, 0.29) is 11.9 Å². The molecule has 0 N–H and O–H groups in total. The summed E-state index contributed by atoms with van der Waals surface area (Å²) in [4.78, 5) is 23.2. The molecule has 1 aliphatic rings. The normalized spacial score (nSPS) is 17.9. The van der Waals surface area contributed by atoms with Gasteiger partial charge in [-0.25, -0.2) is 9.97 Å². The highest BCUT2D eigenvalue weighted by Crippen LogP contribution is 2.36. The molecule has 0 bridgehead atoms. The highest BCUT2D eigenvalue weighted by atomic mass is 32.1. The lowest BCUT2D eigenvalue weighted by Crippen LogP contribution is -2.31. The van der Waals surface area contributed by atoms with Gasteiger partial charge in [0.05, 0.1) is 22.8 Å². The van der Waals surface area contributed by atoms with Gasteiger partial charge in [-0.3, -0.25) is 9.48 Å². The maximum Gasteiger partial charge on any atom is 0.225 e. The van der Waals surface area contributed by atoms with Crippen LogP contribution >= 0.6 is 11.3 Å². The number of benzene rings is 1. The van der Waals surface area contributed by atoms with E-state index in [2.05, 4.69) is 16.1 Å². The molecule has 0 spiro atoms. The van der Waals surface area contributed by atoms with Crippen molar-refractivity contribution in [2.75, 3.05) is 6.54 Å². The molecule has 1 fully saturated rings. The molecule has 118 valence electrons. The van der Waals surface area contributed by atoms with Gasteiger partial charge in [-0.1, -0.05) is 12.1 Å². The van der Waals surface area contributed by atoms with Crippen molar-refractivity contribution in [3.8, 4) is 0 Å². The second kappa shape index (κ2) is 6.08. The third-order valence-corrected chi connectivity index (χ3v) is 5.33. The zero-order valence-corrected chi connectivity index (χ0v) is 13.4. The molecule has 1 atom stereocenters. The number of fused-ring (bicyclic) bond motifs is 1. The van der Waals surface area contributed by atoms with Gasteiger partial charge in [0.25, 0.3) is 0 Å². The first kappa shape index (κ1) is 14.3. The molecule has 0 unspecified atom stereocenters. The molecule has 3 aromatic rings. The third kappa shape index (κ3) is 2.84. The molecular formula is C16H17N5OS. The average molecular weight is 327 g/mol. The van der Waals surface area contributed by atoms with Gasteiger partial charge < -0.3 is 4.90 Å². The second-order valence-electron chi connectivity index (χ2n) is 5.67. The summed E-state index contributed by atoms with van der Waals surface area (Å²) in [6, 6.07) is 8.26. The Morgan fingerprint density at radius 2 is 2.26 bits per heavy atom. The van der Waals surface area contributed by atoms with Crippen molar-refractivity contribution in [3.05, 3.63) is 41.9 Å². The van der Waals surface area contributed by atoms with Crippen LogP contribution in [0.1, 0.15) is 30.3 Å². The van der Waals surface area contributed by atoms with Crippen molar-refractivity contribution in [1.29, 1.82) is 0 Å². The Balaban J connectivity index is 1.50. The zero-order valence-electron chi connectivity index (χ0n) is 12.6. The van der Waals surface area contributed by atoms with Crippen LogP contribution in [0.3, 0.4) is 0 Å². The summed E-state index contributed by atoms with van der Waals surface area (Å²) in [7, 11) is 0. The van der Waals surface area contributed by atoms with Crippen molar-refractivity contribution in [2.24, 2.45) is 0 Å². The van der Waals surface area contributed by atoms with Crippen LogP contribution in [0, 0.1) is 0 Å². The minimum atomic E-state index is 0.121. The Kier molecular flexibility index (Phi) is 3.78. The molecule has 0 saturated carbocycles. The molecule has 1 aliphatic heterocycles.